The Kier molecular flexibility index (Phi) is 13.2. The van der Waals surface area contributed by atoms with Crippen molar-refractivity contribution in [1.29, 1.82) is 0 Å². The van der Waals surface area contributed by atoms with E-state index in [1.807, 2.05) is 13.0 Å². The van der Waals surface area contributed by atoms with Gasteiger partial charge in [-0.2, -0.15) is 0 Å². The fraction of sp³-hybridized carbons (Fsp3) is 0.577. The minimum atomic E-state index is -4.51. The maximum absolute atomic E-state index is 14.0. The van der Waals surface area contributed by atoms with Crippen LogP contribution in [-0.4, -0.2) is 85.1 Å². The predicted octanol–water partition coefficient (Wildman–Crippen LogP) is 4.81. The Bertz CT molecular complexity index is 905. The zero-order valence-electron chi connectivity index (χ0n) is 22.2. The summed E-state index contributed by atoms with van der Waals surface area (Å²) in [5, 5.41) is 6.18. The van der Waals surface area contributed by atoms with Gasteiger partial charge in [0, 0.05) is 31.9 Å². The monoisotopic (exact) mass is 615 g/mol. The summed E-state index contributed by atoms with van der Waals surface area (Å²) in [6, 6.07) is 6.24. The van der Waals surface area contributed by atoms with Crippen LogP contribution in [0, 0.1) is 0 Å². The van der Waals surface area contributed by atoms with E-state index in [2.05, 4.69) is 59.9 Å². The summed E-state index contributed by atoms with van der Waals surface area (Å²) in [6.07, 6.45) is 0.182. The van der Waals surface area contributed by atoms with Crippen molar-refractivity contribution in [2.75, 3.05) is 56.5 Å². The Balaban J connectivity index is 2.22. The fourth-order valence-electron chi connectivity index (χ4n) is 3.87. The van der Waals surface area contributed by atoms with Crippen molar-refractivity contribution in [3.05, 3.63) is 47.3 Å². The Labute approximate surface area is 225 Å². The van der Waals surface area contributed by atoms with Crippen LogP contribution < -0.4 is 19.0 Å². The van der Waals surface area contributed by atoms with Crippen LogP contribution >= 0.6 is 0 Å². The fourth-order valence-corrected chi connectivity index (χ4v) is 4.83. The van der Waals surface area contributed by atoms with Crippen LogP contribution in [0.4, 0.5) is 24.5 Å². The molecule has 3 N–H and O–H groups in total. The summed E-state index contributed by atoms with van der Waals surface area (Å²) in [7, 11) is 2.13. The van der Waals surface area contributed by atoms with Crippen molar-refractivity contribution >= 4 is 39.1 Å². The number of unbranched alkanes of at least 4 members (excludes halogenated alkanes) is 1. The first-order valence-corrected chi connectivity index (χ1v) is 16.4. The zero-order valence-corrected chi connectivity index (χ0v) is 24.7. The van der Waals surface area contributed by atoms with Crippen molar-refractivity contribution in [2.24, 2.45) is 4.99 Å². The number of hydrogen-bond donors (Lipinski definition) is 3. The molecule has 0 spiro atoms. The number of alkyl halides is 3. The molecule has 1 aliphatic rings. The summed E-state index contributed by atoms with van der Waals surface area (Å²) >= 11 is -0.429. The summed E-state index contributed by atoms with van der Waals surface area (Å²) < 4.78 is 45.1. The van der Waals surface area contributed by atoms with Gasteiger partial charge in [0.05, 0.1) is 0 Å². The SMILES string of the molecule is CCC/C=C(NCC[NH][Sb][CH3])/C(=C\N=C(C)Nc1ccc(N2CCN(C)CC2)cc1CC)C(F)(F)F. The average Bonchev–Trinajstić information content (AvgIpc) is 2.84. The summed E-state index contributed by atoms with van der Waals surface area (Å²) in [5.41, 5.74) is 2.49. The molecular weight excluding hydrogens is 575 g/mol. The zero-order chi connectivity index (χ0) is 26.6. The van der Waals surface area contributed by atoms with Gasteiger partial charge < -0.3 is 9.80 Å². The molecule has 6 nitrogen and oxygen atoms in total. The number of amidine groups is 1. The molecule has 1 aromatic rings. The predicted molar refractivity (Wildman–Crippen MR) is 147 cm³/mol. The van der Waals surface area contributed by atoms with Crippen molar-refractivity contribution < 1.29 is 13.2 Å². The molecule has 0 atom stereocenters. The van der Waals surface area contributed by atoms with Crippen LogP contribution in [0.2, 0.25) is 4.87 Å². The van der Waals surface area contributed by atoms with Crippen LogP contribution in [0.1, 0.15) is 39.2 Å². The molecule has 1 saturated heterocycles. The van der Waals surface area contributed by atoms with Gasteiger partial charge in [-0.3, -0.25) is 0 Å². The van der Waals surface area contributed by atoms with E-state index in [0.717, 1.165) is 56.5 Å². The van der Waals surface area contributed by atoms with E-state index >= 15 is 0 Å². The molecule has 0 aromatic heterocycles. The number of halogens is 3. The van der Waals surface area contributed by atoms with E-state index < -0.39 is 33.6 Å². The van der Waals surface area contributed by atoms with Crippen LogP contribution in [0.5, 0.6) is 0 Å². The Morgan fingerprint density at radius 3 is 2.47 bits per heavy atom. The number of hydrogen-bond acceptors (Lipinski definition) is 5. The Morgan fingerprint density at radius 2 is 1.86 bits per heavy atom. The normalized spacial score (nSPS) is 16.4. The van der Waals surface area contributed by atoms with Crippen LogP contribution in [0.15, 0.2) is 46.7 Å². The molecule has 0 bridgehead atoms. The second-order valence-electron chi connectivity index (χ2n) is 8.83. The number of benzene rings is 1. The van der Waals surface area contributed by atoms with Crippen molar-refractivity contribution in [3.8, 4) is 0 Å². The standard InChI is InChI=1S/C25H38F3N6.CH3.Sb/c1-5-7-8-24(30-12-11-29)22(25(26,27)28)18-31-19(3)32-23-10-9-21(17-20(23)6-2)34-15-13-33(4)14-16-34;;/h8-10,17-18,29-30H,5-7,11-16H2,1-4H3,(H,31,32);1H3;/q-1;;+1/b22-18+,24-8-;;. The second-order valence-corrected chi connectivity index (χ2v) is 11.0. The first kappa shape index (κ1) is 30.5. The number of aliphatic imine (C=N–C) groups is 1. The number of likely N-dealkylation sites (N-methyl/N-ethyl adjacent to an activating group) is 1. The van der Waals surface area contributed by atoms with Crippen LogP contribution in [0.3, 0.4) is 0 Å². The average molecular weight is 616 g/mol. The molecule has 1 aromatic carbocycles. The van der Waals surface area contributed by atoms with Gasteiger partial charge >= 0.3 is 152 Å². The number of piperazine rings is 1. The third-order valence-corrected chi connectivity index (χ3v) is 7.52. The number of rotatable bonds is 12. The molecule has 1 aliphatic heterocycles. The van der Waals surface area contributed by atoms with Gasteiger partial charge in [0.15, 0.2) is 0 Å². The van der Waals surface area contributed by atoms with Crippen molar-refractivity contribution in [3.63, 3.8) is 0 Å². The van der Waals surface area contributed by atoms with E-state index in [-0.39, 0.29) is 5.70 Å². The van der Waals surface area contributed by atoms with Gasteiger partial charge in [0.1, 0.15) is 0 Å². The maximum atomic E-state index is 14.0. The van der Waals surface area contributed by atoms with Gasteiger partial charge in [0.25, 0.3) is 0 Å². The van der Waals surface area contributed by atoms with Crippen molar-refractivity contribution in [1.82, 2.24) is 13.7 Å². The van der Waals surface area contributed by atoms with Crippen LogP contribution in [0.25, 0.3) is 0 Å². The molecule has 2 rings (SSSR count). The number of anilines is 2. The third kappa shape index (κ3) is 9.98. The van der Waals surface area contributed by atoms with E-state index in [1.54, 1.807) is 13.0 Å². The molecule has 0 saturated carbocycles. The van der Waals surface area contributed by atoms with Gasteiger partial charge in [-0.15, -0.1) is 0 Å². The van der Waals surface area contributed by atoms with E-state index in [4.69, 9.17) is 0 Å². The Hall–Kier alpha value is -1.70. The molecule has 1 radical (unpaired) electrons. The molecule has 201 valence electrons. The molecular formula is C26H41F3N6Sb. The molecule has 0 aliphatic carbocycles. The third-order valence-electron chi connectivity index (χ3n) is 5.98. The topological polar surface area (TPSA) is 54.9 Å². The molecule has 1 fully saturated rings. The summed E-state index contributed by atoms with van der Waals surface area (Å²) in [5.74, 6) is 0.410. The first-order valence-electron chi connectivity index (χ1n) is 12.6. The van der Waals surface area contributed by atoms with E-state index in [1.165, 1.54) is 5.69 Å². The number of nitrogens with zero attached hydrogens (tertiary/aromatic N) is 3. The van der Waals surface area contributed by atoms with Gasteiger partial charge in [0.2, 0.25) is 0 Å². The minimum absolute atomic E-state index is 0.0904. The molecule has 1 heterocycles. The van der Waals surface area contributed by atoms with Gasteiger partial charge in [-0.1, -0.05) is 6.92 Å². The first-order chi connectivity index (χ1) is 17.2. The number of aryl methyl sites for hydroxylation is 1. The Morgan fingerprint density at radius 1 is 1.14 bits per heavy atom. The summed E-state index contributed by atoms with van der Waals surface area (Å²) in [6.45, 7) is 10.8. The second kappa shape index (κ2) is 15.5. The number of allylic oxidation sites excluding steroid dienone is 2. The quantitative estimate of drug-likeness (QED) is 0.104. The van der Waals surface area contributed by atoms with Crippen LogP contribution in [-0.2, 0) is 6.42 Å². The van der Waals surface area contributed by atoms with Gasteiger partial charge in [-0.25, -0.2) is 0 Å². The molecule has 0 amide bonds. The molecule has 10 heteroatoms. The number of nitrogens with one attached hydrogen (secondary N) is 3. The van der Waals surface area contributed by atoms with Gasteiger partial charge in [-0.05, 0) is 25.6 Å². The van der Waals surface area contributed by atoms with E-state index in [9.17, 15) is 13.2 Å². The molecule has 0 unspecified atom stereocenters. The molecule has 36 heavy (non-hydrogen) atoms. The van der Waals surface area contributed by atoms with E-state index in [0.29, 0.717) is 25.3 Å². The summed E-state index contributed by atoms with van der Waals surface area (Å²) in [4.78, 5) is 11.0. The van der Waals surface area contributed by atoms with Crippen molar-refractivity contribution in [2.45, 2.75) is 51.1 Å².